The Kier molecular flexibility index (Phi) is 6.37. The minimum Gasteiger partial charge on any atom is -0.465 e. The van der Waals surface area contributed by atoms with Crippen LogP contribution in [0.15, 0.2) is 23.2 Å². The number of hydrogen-bond acceptors (Lipinski definition) is 4. The number of aryl methyl sites for hydroxylation is 1. The molecule has 0 fully saturated rings. The average Bonchev–Trinajstić information content (AvgIpc) is 3.00. The lowest BCUT2D eigenvalue weighted by Gasteiger charge is -2.32. The number of rotatable bonds is 5. The van der Waals surface area contributed by atoms with E-state index in [4.69, 9.17) is 26.4 Å². The van der Waals surface area contributed by atoms with Crippen LogP contribution in [0.3, 0.4) is 0 Å². The molecule has 1 aromatic heterocycles. The first-order valence-electron chi connectivity index (χ1n) is 10.3. The summed E-state index contributed by atoms with van der Waals surface area (Å²) in [7, 11) is 1.82. The Labute approximate surface area is 182 Å². The summed E-state index contributed by atoms with van der Waals surface area (Å²) in [5.41, 5.74) is 2.16. The van der Waals surface area contributed by atoms with E-state index in [-0.39, 0.29) is 10.4 Å². The van der Waals surface area contributed by atoms with Gasteiger partial charge in [-0.2, -0.15) is 5.10 Å². The maximum atomic E-state index is 15.2. The molecule has 0 aliphatic carbocycles. The number of esters is 1. The van der Waals surface area contributed by atoms with Crippen LogP contribution in [-0.4, -0.2) is 28.1 Å². The molecule has 2 heterocycles. The van der Waals surface area contributed by atoms with Gasteiger partial charge in [-0.05, 0) is 25.0 Å². The van der Waals surface area contributed by atoms with E-state index in [1.54, 1.807) is 23.7 Å². The van der Waals surface area contributed by atoms with Crippen molar-refractivity contribution in [3.63, 3.8) is 0 Å². The molecule has 2 atom stereocenters. The number of carbonyl (C=O) groups is 1. The van der Waals surface area contributed by atoms with E-state index in [1.807, 2.05) is 34.7 Å². The molecular formula is C23H29ClFN3O2. The maximum Gasteiger partial charge on any atom is 0.315 e. The Morgan fingerprint density at radius 3 is 2.67 bits per heavy atom. The first kappa shape index (κ1) is 22.5. The summed E-state index contributed by atoms with van der Waals surface area (Å²) in [4.78, 5) is 17.9. The molecule has 0 saturated carbocycles. The van der Waals surface area contributed by atoms with Crippen molar-refractivity contribution in [3.05, 3.63) is 45.9 Å². The molecule has 0 saturated heterocycles. The van der Waals surface area contributed by atoms with Gasteiger partial charge in [0.1, 0.15) is 11.7 Å². The minimum atomic E-state index is -0.743. The number of nitrogens with zero attached hydrogens (tertiary/aromatic N) is 3. The molecule has 30 heavy (non-hydrogen) atoms. The molecule has 3 rings (SSSR count). The van der Waals surface area contributed by atoms with Crippen molar-refractivity contribution in [3.8, 4) is 0 Å². The molecule has 1 aromatic carbocycles. The van der Waals surface area contributed by atoms with Crippen LogP contribution < -0.4 is 0 Å². The van der Waals surface area contributed by atoms with Crippen molar-refractivity contribution in [1.82, 2.24) is 9.78 Å². The number of aliphatic imine (C=N–C) groups is 1. The zero-order chi connectivity index (χ0) is 22.2. The van der Waals surface area contributed by atoms with Gasteiger partial charge in [-0.15, -0.1) is 0 Å². The van der Waals surface area contributed by atoms with Crippen molar-refractivity contribution >= 4 is 29.1 Å². The van der Waals surface area contributed by atoms with Gasteiger partial charge in [0, 0.05) is 29.7 Å². The monoisotopic (exact) mass is 433 g/mol. The van der Waals surface area contributed by atoms with Gasteiger partial charge in [-0.1, -0.05) is 57.8 Å². The van der Waals surface area contributed by atoms with E-state index < -0.39 is 23.6 Å². The Hall–Kier alpha value is -2.21. The zero-order valence-electron chi connectivity index (χ0n) is 18.4. The Morgan fingerprint density at radius 2 is 2.03 bits per heavy atom. The van der Waals surface area contributed by atoms with E-state index in [0.29, 0.717) is 23.7 Å². The van der Waals surface area contributed by atoms with Crippen LogP contribution >= 0.6 is 11.6 Å². The third kappa shape index (κ3) is 4.02. The fraction of sp³-hybridized carbons (Fsp3) is 0.522. The van der Waals surface area contributed by atoms with Gasteiger partial charge in [-0.25, -0.2) is 9.38 Å². The first-order chi connectivity index (χ1) is 14.1. The highest BCUT2D eigenvalue weighted by Crippen LogP contribution is 2.48. The van der Waals surface area contributed by atoms with Gasteiger partial charge in [0.2, 0.25) is 0 Å². The molecule has 2 unspecified atom stereocenters. The van der Waals surface area contributed by atoms with Crippen LogP contribution in [0.1, 0.15) is 70.2 Å². The summed E-state index contributed by atoms with van der Waals surface area (Å²) in [6.45, 7) is 10.3. The van der Waals surface area contributed by atoms with E-state index >= 15 is 4.39 Å². The summed E-state index contributed by atoms with van der Waals surface area (Å²) >= 11 is 6.12. The van der Waals surface area contributed by atoms with Crippen molar-refractivity contribution in [1.29, 1.82) is 0 Å². The number of aromatic nitrogens is 2. The summed E-state index contributed by atoms with van der Waals surface area (Å²) < 4.78 is 22.5. The Morgan fingerprint density at radius 1 is 1.33 bits per heavy atom. The molecule has 0 spiro atoms. The lowest BCUT2D eigenvalue weighted by Crippen LogP contribution is -2.35. The van der Waals surface area contributed by atoms with Crippen molar-refractivity contribution < 1.29 is 13.9 Å². The standard InChI is InChI=1S/C23H29ClFN3O2/c1-7-8-12-30-22(29)16-13(2)26-21-18(20(23(3,4)5)27-28(21)6)17(16)14-10-9-11-15(24)19(14)25/h9-11,16-17H,7-8,12H2,1-6H3. The highest BCUT2D eigenvalue weighted by atomic mass is 35.5. The molecule has 162 valence electrons. The molecular weight excluding hydrogens is 405 g/mol. The Bertz CT molecular complexity index is 991. The van der Waals surface area contributed by atoms with E-state index in [1.165, 1.54) is 6.07 Å². The Balaban J connectivity index is 2.25. The summed E-state index contributed by atoms with van der Waals surface area (Å²) in [6, 6.07) is 4.89. The van der Waals surface area contributed by atoms with Crippen molar-refractivity contribution in [2.45, 2.75) is 58.8 Å². The number of fused-ring (bicyclic) bond motifs is 1. The molecule has 0 N–H and O–H groups in total. The number of unbranched alkanes of at least 4 members (excludes halogenated alkanes) is 1. The SMILES string of the molecule is CCCCOC(=O)C1C(C)=Nc2c(c(C(C)(C)C)nn2C)C1c1cccc(Cl)c1F. The lowest BCUT2D eigenvalue weighted by atomic mass is 9.73. The van der Waals surface area contributed by atoms with Gasteiger partial charge in [-0.3, -0.25) is 9.48 Å². The van der Waals surface area contributed by atoms with E-state index in [2.05, 4.69) is 0 Å². The second-order valence-electron chi connectivity index (χ2n) is 8.83. The second-order valence-corrected chi connectivity index (χ2v) is 9.24. The summed E-state index contributed by atoms with van der Waals surface area (Å²) in [5, 5.41) is 4.72. The van der Waals surface area contributed by atoms with Crippen LogP contribution in [0.4, 0.5) is 10.2 Å². The van der Waals surface area contributed by atoms with Crippen molar-refractivity contribution in [2.75, 3.05) is 6.61 Å². The predicted molar refractivity (Wildman–Crippen MR) is 117 cm³/mol. The normalized spacial score (nSPS) is 18.7. The molecule has 2 aromatic rings. The van der Waals surface area contributed by atoms with E-state index in [9.17, 15) is 4.79 Å². The third-order valence-electron chi connectivity index (χ3n) is 5.45. The number of hydrogen-bond donors (Lipinski definition) is 0. The molecule has 5 nitrogen and oxygen atoms in total. The van der Waals surface area contributed by atoms with Gasteiger partial charge in [0.05, 0.1) is 17.3 Å². The molecule has 7 heteroatoms. The van der Waals surface area contributed by atoms with Gasteiger partial charge < -0.3 is 4.74 Å². The lowest BCUT2D eigenvalue weighted by molar-refractivity contribution is -0.146. The van der Waals surface area contributed by atoms with Gasteiger partial charge in [0.25, 0.3) is 0 Å². The number of halogens is 2. The van der Waals surface area contributed by atoms with Crippen LogP contribution in [0.25, 0.3) is 0 Å². The smallest absolute Gasteiger partial charge is 0.315 e. The highest BCUT2D eigenvalue weighted by Gasteiger charge is 2.44. The molecule has 0 radical (unpaired) electrons. The molecule has 1 aliphatic rings. The van der Waals surface area contributed by atoms with Crippen LogP contribution in [0, 0.1) is 11.7 Å². The molecule has 1 aliphatic heterocycles. The molecule has 0 bridgehead atoms. The van der Waals surface area contributed by atoms with Gasteiger partial charge in [0.15, 0.2) is 5.82 Å². The fourth-order valence-electron chi connectivity index (χ4n) is 3.96. The zero-order valence-corrected chi connectivity index (χ0v) is 19.2. The maximum absolute atomic E-state index is 15.2. The fourth-order valence-corrected chi connectivity index (χ4v) is 4.14. The summed E-state index contributed by atoms with van der Waals surface area (Å²) in [6.07, 6.45) is 1.69. The largest absolute Gasteiger partial charge is 0.465 e. The van der Waals surface area contributed by atoms with Gasteiger partial charge >= 0.3 is 5.97 Å². The first-order valence-corrected chi connectivity index (χ1v) is 10.7. The van der Waals surface area contributed by atoms with Crippen LogP contribution in [-0.2, 0) is 22.0 Å². The predicted octanol–water partition coefficient (Wildman–Crippen LogP) is 5.71. The molecule has 0 amide bonds. The second kappa shape index (κ2) is 8.50. The van der Waals surface area contributed by atoms with Crippen LogP contribution in [0.5, 0.6) is 0 Å². The van der Waals surface area contributed by atoms with Crippen LogP contribution in [0.2, 0.25) is 5.02 Å². The highest BCUT2D eigenvalue weighted by molar-refractivity contribution is 6.30. The quantitative estimate of drug-likeness (QED) is 0.448. The number of benzene rings is 1. The topological polar surface area (TPSA) is 56.5 Å². The minimum absolute atomic E-state index is 0.0218. The van der Waals surface area contributed by atoms with Crippen molar-refractivity contribution in [2.24, 2.45) is 18.0 Å². The number of carbonyl (C=O) groups excluding carboxylic acids is 1. The number of ether oxygens (including phenoxy) is 1. The summed E-state index contributed by atoms with van der Waals surface area (Å²) in [5.74, 6) is -1.65. The average molecular weight is 434 g/mol. The van der Waals surface area contributed by atoms with E-state index in [0.717, 1.165) is 24.1 Å². The third-order valence-corrected chi connectivity index (χ3v) is 5.74.